The Bertz CT molecular complexity index is 454. The molecule has 4 nitrogen and oxygen atoms in total. The van der Waals surface area contributed by atoms with E-state index in [1.54, 1.807) is 12.1 Å². The number of carbonyl (C=O) groups is 1. The minimum absolute atomic E-state index is 0.375. The molecule has 1 saturated heterocycles. The number of aromatic carboxylic acids is 1. The predicted octanol–water partition coefficient (Wildman–Crippen LogP) is 1.76. The molecule has 3 N–H and O–H groups in total. The van der Waals surface area contributed by atoms with Gasteiger partial charge in [-0.3, -0.25) is 0 Å². The van der Waals surface area contributed by atoms with Gasteiger partial charge in [0.2, 0.25) is 0 Å². The Morgan fingerprint density at radius 2 is 2.20 bits per heavy atom. The molecule has 0 radical (unpaired) electrons. The van der Waals surface area contributed by atoms with Gasteiger partial charge in [-0.2, -0.15) is 0 Å². The van der Waals surface area contributed by atoms with E-state index >= 15 is 0 Å². The standard InChI is InChI=1S/C16H24N2O2/c1-11(2)14(15-10-17-6-7-18-15)9-12-4-3-5-13(8-12)16(19)20/h3-5,8,11,14-15,17-18H,6-7,9-10H2,1-2H3,(H,19,20)/t14-,15?/m0/s1. The third-order valence-corrected chi connectivity index (χ3v) is 4.09. The molecule has 1 aliphatic rings. The van der Waals surface area contributed by atoms with Crippen LogP contribution in [0.5, 0.6) is 0 Å². The van der Waals surface area contributed by atoms with Crippen molar-refractivity contribution < 1.29 is 9.90 Å². The number of benzene rings is 1. The molecule has 1 aromatic rings. The predicted molar refractivity (Wildman–Crippen MR) is 80.1 cm³/mol. The van der Waals surface area contributed by atoms with Crippen LogP contribution in [-0.4, -0.2) is 36.8 Å². The summed E-state index contributed by atoms with van der Waals surface area (Å²) in [5.74, 6) is 0.207. The Balaban J connectivity index is 2.11. The van der Waals surface area contributed by atoms with Crippen molar-refractivity contribution in [3.8, 4) is 0 Å². The van der Waals surface area contributed by atoms with Gasteiger partial charge >= 0.3 is 5.97 Å². The highest BCUT2D eigenvalue weighted by Crippen LogP contribution is 2.22. The van der Waals surface area contributed by atoms with E-state index in [1.165, 1.54) is 0 Å². The van der Waals surface area contributed by atoms with Crippen molar-refractivity contribution in [3.05, 3.63) is 35.4 Å². The maximum atomic E-state index is 11.1. The van der Waals surface area contributed by atoms with Gasteiger partial charge < -0.3 is 15.7 Å². The van der Waals surface area contributed by atoms with Crippen LogP contribution < -0.4 is 10.6 Å². The molecule has 110 valence electrons. The van der Waals surface area contributed by atoms with Crippen molar-refractivity contribution in [1.82, 2.24) is 10.6 Å². The molecule has 0 spiro atoms. The molecule has 2 rings (SSSR count). The van der Waals surface area contributed by atoms with Gasteiger partial charge in [-0.05, 0) is 36.0 Å². The van der Waals surface area contributed by atoms with Gasteiger partial charge in [0.05, 0.1) is 5.56 Å². The fourth-order valence-electron chi connectivity index (χ4n) is 2.92. The first-order valence-corrected chi connectivity index (χ1v) is 7.34. The summed E-state index contributed by atoms with van der Waals surface area (Å²) >= 11 is 0. The van der Waals surface area contributed by atoms with E-state index in [0.717, 1.165) is 31.6 Å². The lowest BCUT2D eigenvalue weighted by Gasteiger charge is -2.34. The molecule has 0 saturated carbocycles. The van der Waals surface area contributed by atoms with Gasteiger partial charge in [-0.25, -0.2) is 4.79 Å². The highest BCUT2D eigenvalue weighted by Gasteiger charge is 2.26. The number of rotatable bonds is 5. The van der Waals surface area contributed by atoms with Crippen LogP contribution in [0.4, 0.5) is 0 Å². The summed E-state index contributed by atoms with van der Waals surface area (Å²) in [4.78, 5) is 11.1. The highest BCUT2D eigenvalue weighted by molar-refractivity contribution is 5.87. The second-order valence-corrected chi connectivity index (χ2v) is 5.88. The average molecular weight is 276 g/mol. The number of carboxylic acid groups (broad SMARTS) is 1. The summed E-state index contributed by atoms with van der Waals surface area (Å²) in [5.41, 5.74) is 1.48. The zero-order valence-electron chi connectivity index (χ0n) is 12.2. The van der Waals surface area contributed by atoms with E-state index in [1.807, 2.05) is 12.1 Å². The number of hydrogen-bond acceptors (Lipinski definition) is 3. The van der Waals surface area contributed by atoms with Gasteiger partial charge in [0.25, 0.3) is 0 Å². The van der Waals surface area contributed by atoms with E-state index in [9.17, 15) is 4.79 Å². The molecule has 0 amide bonds. The minimum Gasteiger partial charge on any atom is -0.478 e. The van der Waals surface area contributed by atoms with Crippen LogP contribution >= 0.6 is 0 Å². The first kappa shape index (κ1) is 15.0. The minimum atomic E-state index is -0.856. The summed E-state index contributed by atoms with van der Waals surface area (Å²) in [6.07, 6.45) is 0.915. The molecule has 1 aliphatic heterocycles. The lowest BCUT2D eigenvalue weighted by molar-refractivity contribution is 0.0696. The summed E-state index contributed by atoms with van der Waals surface area (Å²) in [6.45, 7) is 7.49. The fraction of sp³-hybridized carbons (Fsp3) is 0.562. The van der Waals surface area contributed by atoms with E-state index in [-0.39, 0.29) is 0 Å². The molecular weight excluding hydrogens is 252 g/mol. The summed E-state index contributed by atoms with van der Waals surface area (Å²) < 4.78 is 0. The monoisotopic (exact) mass is 276 g/mol. The molecule has 4 heteroatoms. The zero-order valence-corrected chi connectivity index (χ0v) is 12.2. The topological polar surface area (TPSA) is 61.4 Å². The van der Waals surface area contributed by atoms with E-state index in [2.05, 4.69) is 24.5 Å². The quantitative estimate of drug-likeness (QED) is 0.767. The van der Waals surface area contributed by atoms with Crippen LogP contribution in [-0.2, 0) is 6.42 Å². The van der Waals surface area contributed by atoms with Crippen LogP contribution in [0, 0.1) is 11.8 Å². The van der Waals surface area contributed by atoms with Crippen molar-refractivity contribution in [3.63, 3.8) is 0 Å². The lowest BCUT2D eigenvalue weighted by atomic mass is 9.82. The Morgan fingerprint density at radius 1 is 1.40 bits per heavy atom. The Kier molecular flexibility index (Phi) is 5.15. The molecule has 0 aliphatic carbocycles. The van der Waals surface area contributed by atoms with Crippen molar-refractivity contribution in [1.29, 1.82) is 0 Å². The second kappa shape index (κ2) is 6.86. The van der Waals surface area contributed by atoms with Gasteiger partial charge in [0.1, 0.15) is 0 Å². The molecular formula is C16H24N2O2. The first-order valence-electron chi connectivity index (χ1n) is 7.34. The molecule has 2 atom stereocenters. The molecule has 1 heterocycles. The maximum absolute atomic E-state index is 11.1. The molecule has 0 bridgehead atoms. The van der Waals surface area contributed by atoms with Crippen LogP contribution in [0.1, 0.15) is 29.8 Å². The molecule has 1 fully saturated rings. The largest absolute Gasteiger partial charge is 0.478 e. The van der Waals surface area contributed by atoms with Gasteiger partial charge in [-0.15, -0.1) is 0 Å². The highest BCUT2D eigenvalue weighted by atomic mass is 16.4. The van der Waals surface area contributed by atoms with Crippen molar-refractivity contribution in [2.45, 2.75) is 26.3 Å². The number of hydrogen-bond donors (Lipinski definition) is 3. The zero-order chi connectivity index (χ0) is 14.5. The van der Waals surface area contributed by atoms with Crippen LogP contribution in [0.3, 0.4) is 0 Å². The van der Waals surface area contributed by atoms with Gasteiger partial charge in [-0.1, -0.05) is 26.0 Å². The Morgan fingerprint density at radius 3 is 2.80 bits per heavy atom. The van der Waals surface area contributed by atoms with Crippen molar-refractivity contribution in [2.75, 3.05) is 19.6 Å². The van der Waals surface area contributed by atoms with Crippen molar-refractivity contribution in [2.24, 2.45) is 11.8 Å². The molecule has 1 unspecified atom stereocenters. The Hall–Kier alpha value is -1.39. The number of carboxylic acids is 1. The maximum Gasteiger partial charge on any atom is 0.335 e. The SMILES string of the molecule is CC(C)[C@H](Cc1cccc(C(=O)O)c1)C1CNCCN1. The smallest absolute Gasteiger partial charge is 0.335 e. The normalized spacial score (nSPS) is 20.9. The van der Waals surface area contributed by atoms with Crippen molar-refractivity contribution >= 4 is 5.97 Å². The summed E-state index contributed by atoms with van der Waals surface area (Å²) in [6, 6.07) is 7.77. The average Bonchev–Trinajstić information content (AvgIpc) is 2.45. The van der Waals surface area contributed by atoms with E-state index in [0.29, 0.717) is 23.4 Å². The number of nitrogens with one attached hydrogen (secondary N) is 2. The van der Waals surface area contributed by atoms with Crippen LogP contribution in [0.15, 0.2) is 24.3 Å². The summed E-state index contributed by atoms with van der Waals surface area (Å²) in [5, 5.41) is 16.1. The third kappa shape index (κ3) is 3.81. The first-order chi connectivity index (χ1) is 9.58. The fourth-order valence-corrected chi connectivity index (χ4v) is 2.92. The Labute approximate surface area is 120 Å². The van der Waals surface area contributed by atoms with Gasteiger partial charge in [0.15, 0.2) is 0 Å². The lowest BCUT2D eigenvalue weighted by Crippen LogP contribution is -2.53. The molecule has 0 aromatic heterocycles. The third-order valence-electron chi connectivity index (χ3n) is 4.09. The summed E-state index contributed by atoms with van der Waals surface area (Å²) in [7, 11) is 0. The van der Waals surface area contributed by atoms with E-state index < -0.39 is 5.97 Å². The van der Waals surface area contributed by atoms with Crippen LogP contribution in [0.25, 0.3) is 0 Å². The molecule has 20 heavy (non-hydrogen) atoms. The van der Waals surface area contributed by atoms with E-state index in [4.69, 9.17) is 5.11 Å². The second-order valence-electron chi connectivity index (χ2n) is 5.88. The number of piperazine rings is 1. The van der Waals surface area contributed by atoms with Gasteiger partial charge in [0, 0.05) is 25.7 Å². The molecule has 1 aromatic carbocycles. The van der Waals surface area contributed by atoms with Crippen LogP contribution in [0.2, 0.25) is 0 Å².